The molecule has 1 aliphatic rings. The molecule has 158 valence electrons. The Morgan fingerprint density at radius 3 is 2.10 bits per heavy atom. The first kappa shape index (κ1) is 20.7. The minimum absolute atomic E-state index is 0.00798. The van der Waals surface area contributed by atoms with Gasteiger partial charge in [-0.3, -0.25) is 9.69 Å². The van der Waals surface area contributed by atoms with Crippen LogP contribution in [0.4, 0.5) is 5.69 Å². The van der Waals surface area contributed by atoms with E-state index < -0.39 is 27.5 Å². The van der Waals surface area contributed by atoms with E-state index in [-0.39, 0.29) is 9.80 Å². The smallest absolute Gasteiger partial charge is 0.295 e. The van der Waals surface area contributed by atoms with Crippen LogP contribution < -0.4 is 9.64 Å². The molecule has 1 amide bonds. The molecule has 0 fully saturated rings. The Labute approximate surface area is 180 Å². The standard InChI is InChI=1S/C24H21NO5S/c1-16-8-12-18(13-9-16)25-21(17-10-14-19(30-2)15-11-17)23(22(26)24(25)27)31(28,29)20-6-4-3-5-7-20/h3-15,21,26H,1-2H3/t21-/m1/s1. The SMILES string of the molecule is COc1ccc([C@@H]2C(S(=O)(=O)c3ccccc3)=C(O)C(=O)N2c2ccc(C)cc2)cc1. The molecule has 3 aromatic carbocycles. The van der Waals surface area contributed by atoms with Crippen LogP contribution in [0.3, 0.4) is 0 Å². The molecule has 0 bridgehead atoms. The van der Waals surface area contributed by atoms with Crippen LogP contribution in [-0.2, 0) is 14.6 Å². The Kier molecular flexibility index (Phi) is 5.29. The van der Waals surface area contributed by atoms with Crippen LogP contribution in [0.15, 0.2) is 94.4 Å². The summed E-state index contributed by atoms with van der Waals surface area (Å²) >= 11 is 0. The van der Waals surface area contributed by atoms with E-state index in [0.29, 0.717) is 17.0 Å². The molecule has 0 spiro atoms. The van der Waals surface area contributed by atoms with Crippen molar-refractivity contribution in [1.82, 2.24) is 0 Å². The van der Waals surface area contributed by atoms with E-state index in [1.54, 1.807) is 54.6 Å². The number of hydrogen-bond acceptors (Lipinski definition) is 5. The van der Waals surface area contributed by atoms with E-state index >= 15 is 0 Å². The largest absolute Gasteiger partial charge is 0.502 e. The molecule has 3 aromatic rings. The number of methoxy groups -OCH3 is 1. The van der Waals surface area contributed by atoms with Gasteiger partial charge >= 0.3 is 0 Å². The van der Waals surface area contributed by atoms with Crippen LogP contribution in [0.2, 0.25) is 0 Å². The molecule has 31 heavy (non-hydrogen) atoms. The Morgan fingerprint density at radius 1 is 0.903 bits per heavy atom. The van der Waals surface area contributed by atoms with Crippen molar-refractivity contribution in [2.45, 2.75) is 17.9 Å². The fourth-order valence-corrected chi connectivity index (χ4v) is 5.29. The van der Waals surface area contributed by atoms with Crippen molar-refractivity contribution in [1.29, 1.82) is 0 Å². The van der Waals surface area contributed by atoms with Gasteiger partial charge in [-0.05, 0) is 48.9 Å². The molecule has 7 heteroatoms. The van der Waals surface area contributed by atoms with Gasteiger partial charge < -0.3 is 9.84 Å². The number of carbonyl (C=O) groups excluding carboxylic acids is 1. The highest BCUT2D eigenvalue weighted by molar-refractivity contribution is 7.95. The van der Waals surface area contributed by atoms with E-state index in [1.807, 2.05) is 19.1 Å². The molecule has 1 atom stereocenters. The lowest BCUT2D eigenvalue weighted by atomic mass is 10.1. The van der Waals surface area contributed by atoms with Gasteiger partial charge in [-0.1, -0.05) is 48.0 Å². The van der Waals surface area contributed by atoms with E-state index in [2.05, 4.69) is 0 Å². The Morgan fingerprint density at radius 2 is 1.52 bits per heavy atom. The summed E-state index contributed by atoms with van der Waals surface area (Å²) < 4.78 is 32.2. The molecule has 0 unspecified atom stereocenters. The number of carbonyl (C=O) groups is 1. The molecular weight excluding hydrogens is 414 g/mol. The zero-order valence-electron chi connectivity index (χ0n) is 17.0. The number of anilines is 1. The first-order valence-corrected chi connectivity index (χ1v) is 11.1. The fourth-order valence-electron chi connectivity index (χ4n) is 3.64. The van der Waals surface area contributed by atoms with Gasteiger partial charge in [0.2, 0.25) is 9.84 Å². The van der Waals surface area contributed by atoms with Gasteiger partial charge in [0.15, 0.2) is 5.76 Å². The third-order valence-corrected chi connectivity index (χ3v) is 7.14. The highest BCUT2D eigenvalue weighted by atomic mass is 32.2. The lowest BCUT2D eigenvalue weighted by Crippen LogP contribution is -2.31. The number of aliphatic hydroxyl groups is 1. The molecule has 1 N–H and O–H groups in total. The third-order valence-electron chi connectivity index (χ3n) is 5.25. The van der Waals surface area contributed by atoms with Gasteiger partial charge in [0, 0.05) is 5.69 Å². The number of benzene rings is 3. The lowest BCUT2D eigenvalue weighted by Gasteiger charge is -2.27. The molecule has 0 aliphatic carbocycles. The topological polar surface area (TPSA) is 83.9 Å². The molecule has 4 rings (SSSR count). The Bertz CT molecular complexity index is 1250. The van der Waals surface area contributed by atoms with E-state index in [0.717, 1.165) is 5.56 Å². The van der Waals surface area contributed by atoms with Crippen LogP contribution in [0.1, 0.15) is 17.2 Å². The zero-order valence-corrected chi connectivity index (χ0v) is 17.8. The van der Waals surface area contributed by atoms with Crippen molar-refractivity contribution >= 4 is 21.4 Å². The van der Waals surface area contributed by atoms with Crippen LogP contribution in [0.25, 0.3) is 0 Å². The van der Waals surface area contributed by atoms with Gasteiger partial charge in [-0.25, -0.2) is 8.42 Å². The first-order chi connectivity index (χ1) is 14.8. The molecule has 1 heterocycles. The minimum Gasteiger partial charge on any atom is -0.502 e. The zero-order chi connectivity index (χ0) is 22.2. The summed E-state index contributed by atoms with van der Waals surface area (Å²) in [5, 5.41) is 10.8. The quantitative estimate of drug-likeness (QED) is 0.645. The summed E-state index contributed by atoms with van der Waals surface area (Å²) in [6.07, 6.45) is 0. The molecule has 0 saturated heterocycles. The predicted molar refractivity (Wildman–Crippen MR) is 118 cm³/mol. The van der Waals surface area contributed by atoms with E-state index in [1.165, 1.54) is 24.1 Å². The maximum Gasteiger partial charge on any atom is 0.295 e. The van der Waals surface area contributed by atoms with Gasteiger partial charge in [0.1, 0.15) is 16.7 Å². The highest BCUT2D eigenvalue weighted by Crippen LogP contribution is 2.45. The number of ether oxygens (including phenoxy) is 1. The average Bonchev–Trinajstić information content (AvgIpc) is 3.06. The number of nitrogens with zero attached hydrogens (tertiary/aromatic N) is 1. The summed E-state index contributed by atoms with van der Waals surface area (Å²) in [7, 11) is -2.62. The van der Waals surface area contributed by atoms with Crippen LogP contribution >= 0.6 is 0 Å². The van der Waals surface area contributed by atoms with Crippen molar-refractivity contribution in [2.24, 2.45) is 0 Å². The molecule has 6 nitrogen and oxygen atoms in total. The number of hydrogen-bond donors (Lipinski definition) is 1. The number of aryl methyl sites for hydroxylation is 1. The lowest BCUT2D eigenvalue weighted by molar-refractivity contribution is -0.117. The predicted octanol–water partition coefficient (Wildman–Crippen LogP) is 4.34. The summed E-state index contributed by atoms with van der Waals surface area (Å²) in [6.45, 7) is 1.91. The van der Waals surface area contributed by atoms with Crippen molar-refractivity contribution in [3.8, 4) is 5.75 Å². The van der Waals surface area contributed by atoms with E-state index in [9.17, 15) is 18.3 Å². The molecular formula is C24H21NO5S. The second-order valence-electron chi connectivity index (χ2n) is 7.22. The van der Waals surface area contributed by atoms with Gasteiger partial charge in [-0.2, -0.15) is 0 Å². The number of aliphatic hydroxyl groups excluding tert-OH is 1. The summed E-state index contributed by atoms with van der Waals surface area (Å²) in [6, 6.07) is 20.6. The van der Waals surface area contributed by atoms with Crippen molar-refractivity contribution in [3.05, 3.63) is 101 Å². The number of amides is 1. The molecule has 0 saturated carbocycles. The average molecular weight is 436 g/mol. The second kappa shape index (κ2) is 7.92. The number of sulfone groups is 1. The first-order valence-electron chi connectivity index (χ1n) is 9.62. The summed E-state index contributed by atoms with van der Waals surface area (Å²) in [4.78, 5) is 14.1. The van der Waals surface area contributed by atoms with Gasteiger partial charge in [0.05, 0.1) is 12.0 Å². The molecule has 1 aliphatic heterocycles. The second-order valence-corrected chi connectivity index (χ2v) is 9.13. The van der Waals surface area contributed by atoms with Crippen molar-refractivity contribution < 1.29 is 23.1 Å². The summed E-state index contributed by atoms with van der Waals surface area (Å²) in [5.41, 5.74) is 2.01. The fraction of sp³-hybridized carbons (Fsp3) is 0.125. The van der Waals surface area contributed by atoms with Crippen molar-refractivity contribution in [3.63, 3.8) is 0 Å². The monoisotopic (exact) mass is 435 g/mol. The van der Waals surface area contributed by atoms with Gasteiger partial charge in [0.25, 0.3) is 5.91 Å². The normalized spacial score (nSPS) is 16.6. The Hall–Kier alpha value is -3.58. The third kappa shape index (κ3) is 3.57. The Balaban J connectivity index is 1.93. The van der Waals surface area contributed by atoms with Gasteiger partial charge in [-0.15, -0.1) is 0 Å². The maximum atomic E-state index is 13.5. The van der Waals surface area contributed by atoms with E-state index in [4.69, 9.17) is 4.74 Å². The summed E-state index contributed by atoms with van der Waals surface area (Å²) in [5.74, 6) is -0.944. The maximum absolute atomic E-state index is 13.5. The van der Waals surface area contributed by atoms with Crippen molar-refractivity contribution in [2.75, 3.05) is 12.0 Å². The molecule has 0 aromatic heterocycles. The van der Waals surface area contributed by atoms with Crippen LogP contribution in [-0.4, -0.2) is 26.5 Å². The minimum atomic E-state index is -4.15. The van der Waals surface area contributed by atoms with Crippen LogP contribution in [0.5, 0.6) is 5.75 Å². The van der Waals surface area contributed by atoms with Crippen LogP contribution in [0, 0.1) is 6.92 Å². The number of rotatable bonds is 5. The molecule has 0 radical (unpaired) electrons. The highest BCUT2D eigenvalue weighted by Gasteiger charge is 2.47.